The zero-order valence-corrected chi connectivity index (χ0v) is 9.20. The summed E-state index contributed by atoms with van der Waals surface area (Å²) in [6, 6.07) is 4.65. The van der Waals surface area contributed by atoms with Crippen molar-refractivity contribution >= 4 is 5.97 Å². The summed E-state index contributed by atoms with van der Waals surface area (Å²) in [5.74, 6) is -1.44. The second-order valence-corrected chi connectivity index (χ2v) is 3.39. The summed E-state index contributed by atoms with van der Waals surface area (Å²) < 4.78 is 13.5. The Kier molecular flexibility index (Phi) is 4.39. The van der Waals surface area contributed by atoms with Gasteiger partial charge in [-0.1, -0.05) is 18.2 Å². The molecule has 0 fully saturated rings. The Morgan fingerprint density at radius 1 is 1.31 bits per heavy atom. The van der Waals surface area contributed by atoms with Gasteiger partial charge in [-0.25, -0.2) is 4.39 Å². The monoisotopic (exact) mass is 226 g/mol. The van der Waals surface area contributed by atoms with Crippen LogP contribution in [0.2, 0.25) is 0 Å². The van der Waals surface area contributed by atoms with E-state index in [0.29, 0.717) is 5.56 Å². The van der Waals surface area contributed by atoms with E-state index in [1.54, 1.807) is 25.2 Å². The second kappa shape index (κ2) is 5.58. The summed E-state index contributed by atoms with van der Waals surface area (Å²) in [5, 5.41) is 14.5. The maximum Gasteiger partial charge on any atom is 0.322 e. The van der Waals surface area contributed by atoms with Crippen molar-refractivity contribution in [3.63, 3.8) is 0 Å². The fraction of sp³-hybridized carbons (Fsp3) is 0.364. The predicted octanol–water partition coefficient (Wildman–Crippen LogP) is 0.759. The normalized spacial score (nSPS) is 14.4. The first-order valence-corrected chi connectivity index (χ1v) is 4.93. The Labute approximate surface area is 93.5 Å². The van der Waals surface area contributed by atoms with Crippen molar-refractivity contribution in [3.05, 3.63) is 35.6 Å². The molecule has 5 heteroatoms. The van der Waals surface area contributed by atoms with Gasteiger partial charge in [0, 0.05) is 5.56 Å². The van der Waals surface area contributed by atoms with Crippen molar-refractivity contribution in [1.29, 1.82) is 0 Å². The van der Waals surface area contributed by atoms with E-state index in [1.165, 1.54) is 13.1 Å². The van der Waals surface area contributed by atoms with Crippen molar-refractivity contribution in [2.45, 2.75) is 12.1 Å². The number of nitrogens with one attached hydrogen (secondary N) is 2. The second-order valence-electron chi connectivity index (χ2n) is 3.39. The minimum Gasteiger partial charge on any atom is -0.480 e. The molecule has 0 saturated heterocycles. The quantitative estimate of drug-likeness (QED) is 0.693. The average Bonchev–Trinajstić information content (AvgIpc) is 2.26. The molecule has 1 rings (SSSR count). The zero-order chi connectivity index (χ0) is 12.1. The molecule has 88 valence electrons. The van der Waals surface area contributed by atoms with Crippen LogP contribution < -0.4 is 10.6 Å². The SMILES string of the molecule is CNC(C(=O)O)C(NC)c1ccccc1F. The zero-order valence-electron chi connectivity index (χ0n) is 9.20. The molecule has 0 aliphatic carbocycles. The molecular formula is C11H15FN2O2. The number of carboxylic acids is 1. The van der Waals surface area contributed by atoms with Gasteiger partial charge in [-0.05, 0) is 20.2 Å². The molecule has 2 atom stereocenters. The largest absolute Gasteiger partial charge is 0.480 e. The van der Waals surface area contributed by atoms with Crippen LogP contribution >= 0.6 is 0 Å². The van der Waals surface area contributed by atoms with E-state index in [-0.39, 0.29) is 0 Å². The molecular weight excluding hydrogens is 211 g/mol. The lowest BCUT2D eigenvalue weighted by atomic mass is 9.99. The van der Waals surface area contributed by atoms with Crippen LogP contribution in [0.1, 0.15) is 11.6 Å². The summed E-state index contributed by atoms with van der Waals surface area (Å²) in [4.78, 5) is 11.0. The van der Waals surface area contributed by atoms with Crippen LogP contribution in [0.3, 0.4) is 0 Å². The smallest absolute Gasteiger partial charge is 0.322 e. The molecule has 16 heavy (non-hydrogen) atoms. The van der Waals surface area contributed by atoms with Crippen molar-refractivity contribution in [1.82, 2.24) is 10.6 Å². The summed E-state index contributed by atoms with van der Waals surface area (Å²) >= 11 is 0. The highest BCUT2D eigenvalue weighted by molar-refractivity contribution is 5.74. The van der Waals surface area contributed by atoms with E-state index in [4.69, 9.17) is 5.11 Å². The number of halogens is 1. The third-order valence-electron chi connectivity index (χ3n) is 2.46. The molecule has 0 spiro atoms. The maximum absolute atomic E-state index is 13.5. The van der Waals surface area contributed by atoms with Crippen molar-refractivity contribution in [3.8, 4) is 0 Å². The van der Waals surface area contributed by atoms with Crippen molar-refractivity contribution < 1.29 is 14.3 Å². The highest BCUT2D eigenvalue weighted by atomic mass is 19.1. The average molecular weight is 226 g/mol. The predicted molar refractivity (Wildman–Crippen MR) is 58.7 cm³/mol. The molecule has 1 aromatic rings. The van der Waals surface area contributed by atoms with Gasteiger partial charge in [-0.3, -0.25) is 4.79 Å². The van der Waals surface area contributed by atoms with Crippen LogP contribution in [0.25, 0.3) is 0 Å². The lowest BCUT2D eigenvalue weighted by Crippen LogP contribution is -2.44. The molecule has 0 aliphatic rings. The topological polar surface area (TPSA) is 61.4 Å². The molecule has 0 radical (unpaired) electrons. The molecule has 3 N–H and O–H groups in total. The minimum absolute atomic E-state index is 0.340. The molecule has 2 unspecified atom stereocenters. The van der Waals surface area contributed by atoms with E-state index in [1.807, 2.05) is 0 Å². The van der Waals surface area contributed by atoms with Gasteiger partial charge in [0.05, 0.1) is 6.04 Å². The van der Waals surface area contributed by atoms with Gasteiger partial charge < -0.3 is 15.7 Å². The number of benzene rings is 1. The van der Waals surface area contributed by atoms with Gasteiger partial charge in [0.2, 0.25) is 0 Å². The Morgan fingerprint density at radius 3 is 2.38 bits per heavy atom. The third-order valence-corrected chi connectivity index (χ3v) is 2.46. The minimum atomic E-state index is -1.02. The van der Waals surface area contributed by atoms with Gasteiger partial charge in [0.15, 0.2) is 0 Å². The van der Waals surface area contributed by atoms with Crippen molar-refractivity contribution in [2.24, 2.45) is 0 Å². The molecule has 0 heterocycles. The Hall–Kier alpha value is -1.46. The Bertz CT molecular complexity index is 371. The molecule has 0 aromatic heterocycles. The maximum atomic E-state index is 13.5. The van der Waals surface area contributed by atoms with E-state index >= 15 is 0 Å². The van der Waals surface area contributed by atoms with Gasteiger partial charge in [0.1, 0.15) is 11.9 Å². The molecule has 1 aromatic carbocycles. The molecule has 4 nitrogen and oxygen atoms in total. The standard InChI is InChI=1S/C11H15FN2O2/c1-13-9(10(14-2)11(15)16)7-5-3-4-6-8(7)12/h3-6,9-10,13-14H,1-2H3,(H,15,16). The van der Waals surface area contributed by atoms with Crippen LogP contribution in [0.4, 0.5) is 4.39 Å². The molecule has 0 aliphatic heterocycles. The number of rotatable bonds is 5. The van der Waals surface area contributed by atoms with Gasteiger partial charge >= 0.3 is 5.97 Å². The van der Waals surface area contributed by atoms with E-state index in [9.17, 15) is 9.18 Å². The van der Waals surface area contributed by atoms with Crippen LogP contribution in [0.15, 0.2) is 24.3 Å². The Morgan fingerprint density at radius 2 is 1.94 bits per heavy atom. The Balaban J connectivity index is 3.06. The van der Waals surface area contributed by atoms with E-state index < -0.39 is 23.9 Å². The highest BCUT2D eigenvalue weighted by Gasteiger charge is 2.28. The first kappa shape index (κ1) is 12.6. The third kappa shape index (κ3) is 2.56. The summed E-state index contributed by atoms with van der Waals surface area (Å²) in [6.45, 7) is 0. The first-order chi connectivity index (χ1) is 7.61. The number of likely N-dealkylation sites (N-methyl/N-ethyl adjacent to an activating group) is 2. The number of hydrogen-bond donors (Lipinski definition) is 3. The lowest BCUT2D eigenvalue weighted by molar-refractivity contribution is -0.140. The van der Waals surface area contributed by atoms with Crippen LogP contribution in [0.5, 0.6) is 0 Å². The number of carboxylic acid groups (broad SMARTS) is 1. The van der Waals surface area contributed by atoms with E-state index in [0.717, 1.165) is 0 Å². The summed E-state index contributed by atoms with van der Waals surface area (Å²) in [5.41, 5.74) is 0.340. The molecule has 0 amide bonds. The fourth-order valence-corrected chi connectivity index (χ4v) is 1.66. The van der Waals surface area contributed by atoms with Gasteiger partial charge in [0.25, 0.3) is 0 Å². The van der Waals surface area contributed by atoms with Gasteiger partial charge in [-0.2, -0.15) is 0 Å². The number of hydrogen-bond acceptors (Lipinski definition) is 3. The first-order valence-electron chi connectivity index (χ1n) is 4.93. The lowest BCUT2D eigenvalue weighted by Gasteiger charge is -2.23. The fourth-order valence-electron chi connectivity index (χ4n) is 1.66. The number of carbonyl (C=O) groups is 1. The van der Waals surface area contributed by atoms with Crippen LogP contribution in [0, 0.1) is 5.82 Å². The van der Waals surface area contributed by atoms with Gasteiger partial charge in [-0.15, -0.1) is 0 Å². The van der Waals surface area contributed by atoms with Crippen LogP contribution in [-0.2, 0) is 4.79 Å². The van der Waals surface area contributed by atoms with Crippen LogP contribution in [-0.4, -0.2) is 31.2 Å². The molecule has 0 saturated carbocycles. The molecule has 0 bridgehead atoms. The number of aliphatic carboxylic acids is 1. The van der Waals surface area contributed by atoms with Crippen molar-refractivity contribution in [2.75, 3.05) is 14.1 Å². The highest BCUT2D eigenvalue weighted by Crippen LogP contribution is 2.19. The summed E-state index contributed by atoms with van der Waals surface area (Å²) in [6.07, 6.45) is 0. The summed E-state index contributed by atoms with van der Waals surface area (Å²) in [7, 11) is 3.13. The van der Waals surface area contributed by atoms with E-state index in [2.05, 4.69) is 10.6 Å².